The van der Waals surface area contributed by atoms with Crippen molar-refractivity contribution in [2.24, 2.45) is 5.92 Å². The number of amides is 1. The van der Waals surface area contributed by atoms with E-state index in [0.29, 0.717) is 18.7 Å². The van der Waals surface area contributed by atoms with Gasteiger partial charge in [-0.25, -0.2) is 4.39 Å². The zero-order chi connectivity index (χ0) is 14.3. The molecule has 0 bridgehead atoms. The van der Waals surface area contributed by atoms with Gasteiger partial charge in [0, 0.05) is 30.6 Å². The van der Waals surface area contributed by atoms with Gasteiger partial charge in [0.05, 0.1) is 0 Å². The first kappa shape index (κ1) is 15.6. The van der Waals surface area contributed by atoms with E-state index in [1.165, 1.54) is 6.07 Å². The molecule has 2 N–H and O–H groups in total. The molecule has 0 aliphatic heterocycles. The second-order valence-electron chi connectivity index (χ2n) is 4.88. The quantitative estimate of drug-likeness (QED) is 0.745. The number of hydrogen-bond acceptors (Lipinski definition) is 2. The van der Waals surface area contributed by atoms with E-state index in [2.05, 4.69) is 10.6 Å². The predicted molar refractivity (Wildman–Crippen MR) is 75.3 cm³/mol. The maximum Gasteiger partial charge on any atom is 0.222 e. The molecule has 4 heteroatoms. The van der Waals surface area contributed by atoms with Crippen molar-refractivity contribution in [2.45, 2.75) is 33.2 Å². The highest BCUT2D eigenvalue weighted by Gasteiger charge is 2.12. The van der Waals surface area contributed by atoms with Gasteiger partial charge in [0.25, 0.3) is 0 Å². The van der Waals surface area contributed by atoms with Crippen LogP contribution in [-0.2, 0) is 4.79 Å². The van der Waals surface area contributed by atoms with Crippen molar-refractivity contribution < 1.29 is 9.18 Å². The number of halogens is 1. The molecule has 1 unspecified atom stereocenters. The Labute approximate surface area is 114 Å². The van der Waals surface area contributed by atoms with Crippen LogP contribution in [0.4, 0.5) is 4.39 Å². The van der Waals surface area contributed by atoms with Crippen LogP contribution in [0.5, 0.6) is 0 Å². The van der Waals surface area contributed by atoms with Crippen molar-refractivity contribution in [2.75, 3.05) is 13.1 Å². The Hall–Kier alpha value is -1.42. The monoisotopic (exact) mass is 266 g/mol. The molecule has 3 nitrogen and oxygen atoms in total. The highest BCUT2D eigenvalue weighted by molar-refractivity contribution is 5.77. The SMILES string of the molecule is CCC(NCCNC(=O)C(C)C)c1ccccc1F. The molecule has 19 heavy (non-hydrogen) atoms. The maximum atomic E-state index is 13.7. The third kappa shape index (κ3) is 4.99. The van der Waals surface area contributed by atoms with E-state index >= 15 is 0 Å². The van der Waals surface area contributed by atoms with Crippen LogP contribution < -0.4 is 10.6 Å². The first-order chi connectivity index (χ1) is 9.06. The molecule has 1 aromatic rings. The number of rotatable bonds is 7. The van der Waals surface area contributed by atoms with Crippen molar-refractivity contribution in [3.63, 3.8) is 0 Å². The molecular weight excluding hydrogens is 243 g/mol. The average Bonchev–Trinajstić information content (AvgIpc) is 2.39. The third-order valence-corrected chi connectivity index (χ3v) is 3.03. The Kier molecular flexibility index (Phi) is 6.50. The van der Waals surface area contributed by atoms with Crippen LogP contribution in [0.25, 0.3) is 0 Å². The summed E-state index contributed by atoms with van der Waals surface area (Å²) in [5.74, 6) is -0.151. The lowest BCUT2D eigenvalue weighted by atomic mass is 10.0. The smallest absolute Gasteiger partial charge is 0.222 e. The lowest BCUT2D eigenvalue weighted by molar-refractivity contribution is -0.123. The fraction of sp³-hybridized carbons (Fsp3) is 0.533. The van der Waals surface area contributed by atoms with Gasteiger partial charge in [-0.1, -0.05) is 39.0 Å². The minimum absolute atomic E-state index is 0.00598. The van der Waals surface area contributed by atoms with Crippen molar-refractivity contribution in [1.29, 1.82) is 0 Å². The molecule has 1 atom stereocenters. The average molecular weight is 266 g/mol. The Morgan fingerprint density at radius 1 is 1.26 bits per heavy atom. The molecule has 0 fully saturated rings. The molecule has 0 saturated carbocycles. The summed E-state index contributed by atoms with van der Waals surface area (Å²) >= 11 is 0. The van der Waals surface area contributed by atoms with Crippen molar-refractivity contribution in [3.05, 3.63) is 35.6 Å². The summed E-state index contributed by atoms with van der Waals surface area (Å²) in [4.78, 5) is 11.4. The van der Waals surface area contributed by atoms with Crippen molar-refractivity contribution in [1.82, 2.24) is 10.6 Å². The van der Waals surface area contributed by atoms with Gasteiger partial charge in [0.15, 0.2) is 0 Å². The molecule has 0 aliphatic rings. The van der Waals surface area contributed by atoms with Crippen LogP contribution in [0.2, 0.25) is 0 Å². The summed E-state index contributed by atoms with van der Waals surface area (Å²) in [5.41, 5.74) is 0.681. The maximum absolute atomic E-state index is 13.7. The van der Waals surface area contributed by atoms with Crippen LogP contribution >= 0.6 is 0 Å². The van der Waals surface area contributed by atoms with E-state index in [4.69, 9.17) is 0 Å². The van der Waals surface area contributed by atoms with Gasteiger partial charge < -0.3 is 10.6 Å². The molecule has 106 valence electrons. The molecule has 0 radical (unpaired) electrons. The Morgan fingerprint density at radius 3 is 2.53 bits per heavy atom. The molecular formula is C15H23FN2O. The largest absolute Gasteiger partial charge is 0.355 e. The standard InChI is InChI=1S/C15H23FN2O/c1-4-14(12-7-5-6-8-13(12)16)17-9-10-18-15(19)11(2)3/h5-8,11,14,17H,4,9-10H2,1-3H3,(H,18,19). The van der Waals surface area contributed by atoms with E-state index in [0.717, 1.165) is 6.42 Å². The minimum atomic E-state index is -0.187. The van der Waals surface area contributed by atoms with E-state index < -0.39 is 0 Å². The molecule has 0 saturated heterocycles. The highest BCUT2D eigenvalue weighted by Crippen LogP contribution is 2.19. The number of hydrogen-bond donors (Lipinski definition) is 2. The van der Waals surface area contributed by atoms with E-state index in [-0.39, 0.29) is 23.7 Å². The van der Waals surface area contributed by atoms with Gasteiger partial charge >= 0.3 is 0 Å². The highest BCUT2D eigenvalue weighted by atomic mass is 19.1. The molecule has 1 aromatic carbocycles. The molecule has 1 rings (SSSR count). The number of nitrogens with one attached hydrogen (secondary N) is 2. The summed E-state index contributed by atoms with van der Waals surface area (Å²) in [6, 6.07) is 6.78. The summed E-state index contributed by atoms with van der Waals surface area (Å²) in [6.45, 7) is 6.91. The van der Waals surface area contributed by atoms with Gasteiger partial charge in [-0.15, -0.1) is 0 Å². The minimum Gasteiger partial charge on any atom is -0.355 e. The van der Waals surface area contributed by atoms with E-state index in [9.17, 15) is 9.18 Å². The van der Waals surface area contributed by atoms with Crippen LogP contribution in [0.1, 0.15) is 38.8 Å². The van der Waals surface area contributed by atoms with Crippen molar-refractivity contribution in [3.8, 4) is 0 Å². The molecule has 0 spiro atoms. The zero-order valence-corrected chi connectivity index (χ0v) is 11.9. The molecule has 0 heterocycles. The van der Waals surface area contributed by atoms with E-state index in [1.54, 1.807) is 12.1 Å². The van der Waals surface area contributed by atoms with Gasteiger partial charge in [-0.05, 0) is 12.5 Å². The Bertz CT molecular complexity index is 407. The number of benzene rings is 1. The Balaban J connectivity index is 2.42. The van der Waals surface area contributed by atoms with Crippen LogP contribution in [0, 0.1) is 11.7 Å². The van der Waals surface area contributed by atoms with Gasteiger partial charge in [-0.3, -0.25) is 4.79 Å². The Morgan fingerprint density at radius 2 is 1.95 bits per heavy atom. The number of carbonyl (C=O) groups excluding carboxylic acids is 1. The van der Waals surface area contributed by atoms with Crippen LogP contribution in [0.15, 0.2) is 24.3 Å². The fourth-order valence-corrected chi connectivity index (χ4v) is 1.87. The first-order valence-corrected chi connectivity index (χ1v) is 6.81. The van der Waals surface area contributed by atoms with E-state index in [1.807, 2.05) is 26.8 Å². The lowest BCUT2D eigenvalue weighted by Crippen LogP contribution is -2.35. The second-order valence-corrected chi connectivity index (χ2v) is 4.88. The molecule has 0 aliphatic carbocycles. The lowest BCUT2D eigenvalue weighted by Gasteiger charge is -2.18. The van der Waals surface area contributed by atoms with Crippen LogP contribution in [-0.4, -0.2) is 19.0 Å². The molecule has 1 amide bonds. The second kappa shape index (κ2) is 7.89. The topological polar surface area (TPSA) is 41.1 Å². The fourth-order valence-electron chi connectivity index (χ4n) is 1.87. The molecule has 0 aromatic heterocycles. The summed E-state index contributed by atoms with van der Waals surface area (Å²) < 4.78 is 13.7. The summed E-state index contributed by atoms with van der Waals surface area (Å²) in [5, 5.41) is 6.10. The normalized spacial score (nSPS) is 12.5. The summed E-state index contributed by atoms with van der Waals surface area (Å²) in [7, 11) is 0. The summed E-state index contributed by atoms with van der Waals surface area (Å²) in [6.07, 6.45) is 0.805. The zero-order valence-electron chi connectivity index (χ0n) is 11.9. The van der Waals surface area contributed by atoms with Crippen LogP contribution in [0.3, 0.4) is 0 Å². The number of carbonyl (C=O) groups is 1. The predicted octanol–water partition coefficient (Wildman–Crippen LogP) is 2.64. The van der Waals surface area contributed by atoms with Gasteiger partial charge in [0.2, 0.25) is 5.91 Å². The first-order valence-electron chi connectivity index (χ1n) is 6.81. The third-order valence-electron chi connectivity index (χ3n) is 3.03. The van der Waals surface area contributed by atoms with Gasteiger partial charge in [0.1, 0.15) is 5.82 Å². The van der Waals surface area contributed by atoms with Gasteiger partial charge in [-0.2, -0.15) is 0 Å². The van der Waals surface area contributed by atoms with Crippen molar-refractivity contribution >= 4 is 5.91 Å².